The number of azo groups is 1. The van der Waals surface area contributed by atoms with Gasteiger partial charge in [0.25, 0.3) is 0 Å². The first-order valence-electron chi connectivity index (χ1n) is 8.57. The van der Waals surface area contributed by atoms with Crippen molar-refractivity contribution < 1.29 is 15.3 Å². The lowest BCUT2D eigenvalue weighted by Crippen LogP contribution is -2.22. The molecule has 0 fully saturated rings. The van der Waals surface area contributed by atoms with Gasteiger partial charge in [-0.15, -0.1) is 0 Å². The first kappa shape index (κ1) is 16.8. The van der Waals surface area contributed by atoms with Gasteiger partial charge in [0, 0.05) is 12.0 Å². The number of nitrogens with zero attached hydrogens (tertiary/aromatic N) is 2. The predicted octanol–water partition coefficient (Wildman–Crippen LogP) is 4.75. The van der Waals surface area contributed by atoms with E-state index in [9.17, 15) is 15.3 Å². The van der Waals surface area contributed by atoms with Gasteiger partial charge in [-0.05, 0) is 65.7 Å². The van der Waals surface area contributed by atoms with Crippen LogP contribution in [0.4, 0.5) is 0 Å². The number of rotatable bonds is 4. The van der Waals surface area contributed by atoms with Crippen molar-refractivity contribution in [1.82, 2.24) is 0 Å². The molecular formula is C22H18N2O3. The number of hydrogen-bond donors (Lipinski definition) is 3. The molecule has 3 aromatic carbocycles. The highest BCUT2D eigenvalue weighted by Gasteiger charge is 2.35. The summed E-state index contributed by atoms with van der Waals surface area (Å²) < 4.78 is 0. The molecule has 3 N–H and O–H groups in total. The zero-order chi connectivity index (χ0) is 18.9. The first-order chi connectivity index (χ1) is 13.0. The van der Waals surface area contributed by atoms with Crippen molar-refractivity contribution in [2.45, 2.75) is 12.0 Å². The summed E-state index contributed by atoms with van der Waals surface area (Å²) in [7, 11) is 0. The summed E-state index contributed by atoms with van der Waals surface area (Å²) in [5.41, 5.74) is 2.64. The molecule has 1 unspecified atom stereocenters. The maximum atomic E-state index is 9.81. The zero-order valence-corrected chi connectivity index (χ0v) is 14.4. The molecule has 27 heavy (non-hydrogen) atoms. The van der Waals surface area contributed by atoms with E-state index in [1.807, 2.05) is 24.3 Å². The summed E-state index contributed by atoms with van der Waals surface area (Å²) in [5.74, 6) is 0.578. The van der Waals surface area contributed by atoms with E-state index < -0.39 is 5.54 Å². The molecule has 0 aromatic heterocycles. The van der Waals surface area contributed by atoms with Crippen LogP contribution in [0.2, 0.25) is 0 Å². The molecule has 5 heteroatoms. The van der Waals surface area contributed by atoms with Gasteiger partial charge in [0.2, 0.25) is 0 Å². The van der Waals surface area contributed by atoms with Crippen LogP contribution < -0.4 is 0 Å². The largest absolute Gasteiger partial charge is 0.508 e. The molecule has 0 aliphatic carbocycles. The van der Waals surface area contributed by atoms with E-state index in [1.165, 1.54) is 0 Å². The minimum absolute atomic E-state index is 0.184. The average Bonchev–Trinajstić information content (AvgIpc) is 3.08. The molecule has 4 rings (SSSR count). The Morgan fingerprint density at radius 3 is 2.07 bits per heavy atom. The van der Waals surface area contributed by atoms with Crippen molar-refractivity contribution >= 4 is 5.70 Å². The van der Waals surface area contributed by atoms with Crippen LogP contribution in [0.1, 0.15) is 16.7 Å². The second kappa shape index (κ2) is 6.61. The van der Waals surface area contributed by atoms with Gasteiger partial charge in [0.05, 0.1) is 5.70 Å². The molecule has 1 aliphatic heterocycles. The Hall–Kier alpha value is -3.60. The van der Waals surface area contributed by atoms with Crippen LogP contribution >= 0.6 is 0 Å². The Kier molecular flexibility index (Phi) is 4.12. The highest BCUT2D eigenvalue weighted by Crippen LogP contribution is 2.41. The lowest BCUT2D eigenvalue weighted by Gasteiger charge is -2.23. The Balaban J connectivity index is 1.78. The summed E-state index contributed by atoms with van der Waals surface area (Å²) in [6.45, 7) is 0. The van der Waals surface area contributed by atoms with Gasteiger partial charge in [-0.2, -0.15) is 10.2 Å². The Bertz CT molecular complexity index is 1020. The number of aromatic hydroxyl groups is 3. The molecule has 1 heterocycles. The number of hydrogen-bond acceptors (Lipinski definition) is 5. The summed E-state index contributed by atoms with van der Waals surface area (Å²) in [4.78, 5) is 0. The normalized spacial score (nSPS) is 18.4. The van der Waals surface area contributed by atoms with E-state index in [-0.39, 0.29) is 17.2 Å². The fourth-order valence-corrected chi connectivity index (χ4v) is 3.26. The minimum Gasteiger partial charge on any atom is -0.508 e. The average molecular weight is 358 g/mol. The Morgan fingerprint density at radius 2 is 1.41 bits per heavy atom. The molecule has 0 saturated carbocycles. The Morgan fingerprint density at radius 1 is 0.741 bits per heavy atom. The van der Waals surface area contributed by atoms with E-state index in [0.29, 0.717) is 12.1 Å². The fraction of sp³-hybridized carbons (Fsp3) is 0.0909. The second-order valence-electron chi connectivity index (χ2n) is 6.59. The molecule has 0 amide bonds. The standard InChI is InChI=1S/C22H18N2O3/c25-18-8-4-16(5-9-18)21-14-22(24-23-21,17-6-10-19(26)11-7-17)13-15-2-1-3-20(27)12-15/h1-12,14,25-27H,13H2. The van der Waals surface area contributed by atoms with Gasteiger partial charge >= 0.3 is 0 Å². The van der Waals surface area contributed by atoms with Crippen LogP contribution in [-0.4, -0.2) is 15.3 Å². The third kappa shape index (κ3) is 3.40. The van der Waals surface area contributed by atoms with Crippen molar-refractivity contribution in [3.8, 4) is 17.2 Å². The molecule has 1 aliphatic rings. The van der Waals surface area contributed by atoms with E-state index in [2.05, 4.69) is 10.2 Å². The van der Waals surface area contributed by atoms with Crippen LogP contribution in [0.15, 0.2) is 89.1 Å². The molecule has 0 bridgehead atoms. The lowest BCUT2D eigenvalue weighted by molar-refractivity contribution is 0.471. The highest BCUT2D eigenvalue weighted by molar-refractivity contribution is 5.68. The molecular weight excluding hydrogens is 340 g/mol. The summed E-state index contributed by atoms with van der Waals surface area (Å²) >= 11 is 0. The molecule has 134 valence electrons. The first-order valence-corrected chi connectivity index (χ1v) is 8.57. The summed E-state index contributed by atoms with van der Waals surface area (Å²) in [6, 6.07) is 20.8. The van der Waals surface area contributed by atoms with Gasteiger partial charge in [-0.3, -0.25) is 0 Å². The van der Waals surface area contributed by atoms with Gasteiger partial charge in [0.1, 0.15) is 22.8 Å². The van der Waals surface area contributed by atoms with Gasteiger partial charge in [-0.25, -0.2) is 0 Å². The van der Waals surface area contributed by atoms with E-state index >= 15 is 0 Å². The predicted molar refractivity (Wildman–Crippen MR) is 103 cm³/mol. The summed E-state index contributed by atoms with van der Waals surface area (Å²) in [6.07, 6.45) is 2.49. The molecule has 0 spiro atoms. The summed E-state index contributed by atoms with van der Waals surface area (Å²) in [5, 5.41) is 37.9. The van der Waals surface area contributed by atoms with Crippen molar-refractivity contribution in [1.29, 1.82) is 0 Å². The number of phenolic OH excluding ortho intramolecular Hbond substituents is 3. The maximum absolute atomic E-state index is 9.81. The third-order valence-electron chi connectivity index (χ3n) is 4.63. The van der Waals surface area contributed by atoms with Crippen molar-refractivity contribution in [2.24, 2.45) is 10.2 Å². The van der Waals surface area contributed by atoms with E-state index in [4.69, 9.17) is 0 Å². The minimum atomic E-state index is -0.741. The van der Waals surface area contributed by atoms with Gasteiger partial charge < -0.3 is 15.3 Å². The Labute approximate surface area is 156 Å². The molecule has 1 atom stereocenters. The molecule has 3 aromatic rings. The number of phenols is 3. The third-order valence-corrected chi connectivity index (χ3v) is 4.63. The van der Waals surface area contributed by atoms with Crippen LogP contribution in [0.3, 0.4) is 0 Å². The fourth-order valence-electron chi connectivity index (χ4n) is 3.26. The van der Waals surface area contributed by atoms with E-state index in [0.717, 1.165) is 16.7 Å². The smallest absolute Gasteiger partial charge is 0.131 e. The second-order valence-corrected chi connectivity index (χ2v) is 6.59. The van der Waals surface area contributed by atoms with Crippen LogP contribution in [-0.2, 0) is 12.0 Å². The highest BCUT2D eigenvalue weighted by atomic mass is 16.3. The van der Waals surface area contributed by atoms with Crippen LogP contribution in [0, 0.1) is 0 Å². The quantitative estimate of drug-likeness (QED) is 0.629. The van der Waals surface area contributed by atoms with Crippen molar-refractivity contribution in [3.63, 3.8) is 0 Å². The van der Waals surface area contributed by atoms with Crippen LogP contribution in [0.25, 0.3) is 5.70 Å². The van der Waals surface area contributed by atoms with Gasteiger partial charge in [0.15, 0.2) is 0 Å². The number of benzene rings is 3. The molecule has 0 saturated heterocycles. The van der Waals surface area contributed by atoms with Crippen molar-refractivity contribution in [2.75, 3.05) is 0 Å². The maximum Gasteiger partial charge on any atom is 0.131 e. The lowest BCUT2D eigenvalue weighted by atomic mass is 9.83. The molecule has 0 radical (unpaired) electrons. The SMILES string of the molecule is Oc1ccc(C2=CC(Cc3cccc(O)c3)(c3ccc(O)cc3)N=N2)cc1. The van der Waals surface area contributed by atoms with Gasteiger partial charge in [-0.1, -0.05) is 24.3 Å². The van der Waals surface area contributed by atoms with Crippen molar-refractivity contribution in [3.05, 3.63) is 95.6 Å². The zero-order valence-electron chi connectivity index (χ0n) is 14.4. The topological polar surface area (TPSA) is 85.4 Å². The molecule has 5 nitrogen and oxygen atoms in total. The van der Waals surface area contributed by atoms with Crippen LogP contribution in [0.5, 0.6) is 17.2 Å². The monoisotopic (exact) mass is 358 g/mol. The van der Waals surface area contributed by atoms with E-state index in [1.54, 1.807) is 54.6 Å².